The molecular formula is C23H26N2O4. The standard InChI is InChI=1S/C23H26N2O4/c1-14-9-15(2)11-18(10-14)22(27)25-8-4-5-17(13-25)21(26)24-19-6-7-20(23(28)29)16(3)12-19/h6-7,9-12,17H,4-5,8,13H2,1-3H3,(H,24,26)(H,28,29). The monoisotopic (exact) mass is 394 g/mol. The molecule has 3 rings (SSSR count). The Morgan fingerprint density at radius 2 is 1.72 bits per heavy atom. The van der Waals surface area contributed by atoms with Gasteiger partial charge < -0.3 is 15.3 Å². The van der Waals surface area contributed by atoms with Crippen molar-refractivity contribution in [3.05, 3.63) is 64.2 Å². The molecule has 0 aromatic heterocycles. The molecule has 2 aromatic carbocycles. The number of amides is 2. The number of carbonyl (C=O) groups excluding carboxylic acids is 2. The van der Waals surface area contributed by atoms with Crippen LogP contribution in [0, 0.1) is 26.7 Å². The van der Waals surface area contributed by atoms with Crippen LogP contribution in [0.25, 0.3) is 0 Å². The second-order valence-electron chi connectivity index (χ2n) is 7.79. The van der Waals surface area contributed by atoms with E-state index in [0.29, 0.717) is 36.3 Å². The third kappa shape index (κ3) is 4.83. The molecule has 2 amide bonds. The molecule has 152 valence electrons. The predicted octanol–water partition coefficient (Wildman–Crippen LogP) is 3.80. The van der Waals surface area contributed by atoms with Crippen molar-refractivity contribution < 1.29 is 19.5 Å². The quantitative estimate of drug-likeness (QED) is 0.826. The van der Waals surface area contributed by atoms with E-state index in [4.69, 9.17) is 5.11 Å². The van der Waals surface area contributed by atoms with Gasteiger partial charge in [-0.25, -0.2) is 4.79 Å². The average Bonchev–Trinajstić information content (AvgIpc) is 2.66. The molecule has 0 spiro atoms. The lowest BCUT2D eigenvalue weighted by atomic mass is 9.96. The van der Waals surface area contributed by atoms with Crippen LogP contribution in [0.3, 0.4) is 0 Å². The van der Waals surface area contributed by atoms with Crippen LogP contribution in [-0.4, -0.2) is 40.9 Å². The van der Waals surface area contributed by atoms with Crippen LogP contribution in [0.4, 0.5) is 5.69 Å². The second kappa shape index (κ2) is 8.47. The van der Waals surface area contributed by atoms with E-state index in [-0.39, 0.29) is 23.3 Å². The SMILES string of the molecule is Cc1cc(C)cc(C(=O)N2CCCC(C(=O)Nc3ccc(C(=O)O)c(C)c3)C2)c1. The van der Waals surface area contributed by atoms with E-state index in [1.807, 2.05) is 32.0 Å². The number of carboxylic acids is 1. The fourth-order valence-corrected chi connectivity index (χ4v) is 3.88. The number of aromatic carboxylic acids is 1. The van der Waals surface area contributed by atoms with E-state index in [2.05, 4.69) is 5.32 Å². The Bertz CT molecular complexity index is 947. The van der Waals surface area contributed by atoms with Crippen molar-refractivity contribution in [3.8, 4) is 0 Å². The van der Waals surface area contributed by atoms with Gasteiger partial charge in [0.1, 0.15) is 0 Å². The van der Waals surface area contributed by atoms with Gasteiger partial charge in [-0.1, -0.05) is 17.2 Å². The van der Waals surface area contributed by atoms with Gasteiger partial charge in [0.05, 0.1) is 11.5 Å². The smallest absolute Gasteiger partial charge is 0.335 e. The summed E-state index contributed by atoms with van der Waals surface area (Å²) in [6, 6.07) is 10.5. The van der Waals surface area contributed by atoms with E-state index in [0.717, 1.165) is 17.5 Å². The summed E-state index contributed by atoms with van der Waals surface area (Å²) in [6.07, 6.45) is 1.49. The molecule has 0 radical (unpaired) electrons. The van der Waals surface area contributed by atoms with E-state index in [9.17, 15) is 14.4 Å². The molecule has 6 heteroatoms. The van der Waals surface area contributed by atoms with Crippen molar-refractivity contribution in [2.45, 2.75) is 33.6 Å². The second-order valence-corrected chi connectivity index (χ2v) is 7.79. The van der Waals surface area contributed by atoms with Crippen molar-refractivity contribution in [2.75, 3.05) is 18.4 Å². The van der Waals surface area contributed by atoms with Crippen LogP contribution in [0.5, 0.6) is 0 Å². The Morgan fingerprint density at radius 1 is 1.03 bits per heavy atom. The number of likely N-dealkylation sites (tertiary alicyclic amines) is 1. The van der Waals surface area contributed by atoms with Crippen molar-refractivity contribution in [1.82, 2.24) is 4.90 Å². The first kappa shape index (κ1) is 20.6. The number of piperidine rings is 1. The van der Waals surface area contributed by atoms with Crippen molar-refractivity contribution in [1.29, 1.82) is 0 Å². The van der Waals surface area contributed by atoms with Crippen molar-refractivity contribution in [2.24, 2.45) is 5.92 Å². The fourth-order valence-electron chi connectivity index (χ4n) is 3.88. The zero-order valence-electron chi connectivity index (χ0n) is 17.0. The van der Waals surface area contributed by atoms with Gasteiger partial charge in [0.15, 0.2) is 0 Å². The zero-order chi connectivity index (χ0) is 21.1. The minimum atomic E-state index is -0.992. The Kier molecular flexibility index (Phi) is 6.01. The van der Waals surface area contributed by atoms with Crippen LogP contribution >= 0.6 is 0 Å². The number of carboxylic acid groups (broad SMARTS) is 1. The van der Waals surface area contributed by atoms with Crippen molar-refractivity contribution in [3.63, 3.8) is 0 Å². The molecule has 0 saturated carbocycles. The maximum Gasteiger partial charge on any atom is 0.335 e. The van der Waals surface area contributed by atoms with Crippen LogP contribution in [0.1, 0.15) is 50.2 Å². The lowest BCUT2D eigenvalue weighted by Crippen LogP contribution is -2.43. The summed E-state index contributed by atoms with van der Waals surface area (Å²) in [5, 5.41) is 12.0. The number of nitrogens with zero attached hydrogens (tertiary/aromatic N) is 1. The molecular weight excluding hydrogens is 368 g/mol. The summed E-state index contributed by atoms with van der Waals surface area (Å²) in [6.45, 7) is 6.65. The normalized spacial score (nSPS) is 16.4. The Labute approximate surface area is 170 Å². The highest BCUT2D eigenvalue weighted by molar-refractivity contribution is 5.97. The molecule has 0 aliphatic carbocycles. The molecule has 1 fully saturated rings. The van der Waals surface area contributed by atoms with Gasteiger partial charge in [-0.2, -0.15) is 0 Å². The number of rotatable bonds is 4. The molecule has 2 N–H and O–H groups in total. The Hall–Kier alpha value is -3.15. The van der Waals surface area contributed by atoms with Crippen LogP contribution in [0.15, 0.2) is 36.4 Å². The van der Waals surface area contributed by atoms with Crippen LogP contribution in [0.2, 0.25) is 0 Å². The molecule has 2 aromatic rings. The average molecular weight is 394 g/mol. The first-order chi connectivity index (χ1) is 13.7. The number of carbonyl (C=O) groups is 3. The minimum Gasteiger partial charge on any atom is -0.478 e. The van der Waals surface area contributed by atoms with Crippen LogP contribution < -0.4 is 5.32 Å². The summed E-state index contributed by atoms with van der Waals surface area (Å²) in [5.41, 5.74) is 4.11. The molecule has 1 saturated heterocycles. The molecule has 0 bridgehead atoms. The lowest BCUT2D eigenvalue weighted by molar-refractivity contribution is -0.121. The highest BCUT2D eigenvalue weighted by atomic mass is 16.4. The van der Waals surface area contributed by atoms with Gasteiger partial charge in [0, 0.05) is 24.3 Å². The molecule has 29 heavy (non-hydrogen) atoms. The van der Waals surface area contributed by atoms with Gasteiger partial charge in [-0.15, -0.1) is 0 Å². The summed E-state index contributed by atoms with van der Waals surface area (Å²) in [5.74, 6) is -1.48. The van der Waals surface area contributed by atoms with Crippen molar-refractivity contribution >= 4 is 23.5 Å². The highest BCUT2D eigenvalue weighted by Gasteiger charge is 2.29. The Morgan fingerprint density at radius 3 is 2.34 bits per heavy atom. The third-order valence-electron chi connectivity index (χ3n) is 5.27. The molecule has 6 nitrogen and oxygen atoms in total. The molecule has 1 unspecified atom stereocenters. The number of nitrogens with one attached hydrogen (secondary N) is 1. The lowest BCUT2D eigenvalue weighted by Gasteiger charge is -2.32. The number of aryl methyl sites for hydroxylation is 3. The van der Waals surface area contributed by atoms with Crippen LogP contribution in [-0.2, 0) is 4.79 Å². The fraction of sp³-hybridized carbons (Fsp3) is 0.348. The third-order valence-corrected chi connectivity index (χ3v) is 5.27. The maximum atomic E-state index is 12.9. The molecule has 1 atom stereocenters. The first-order valence-electron chi connectivity index (χ1n) is 9.77. The highest BCUT2D eigenvalue weighted by Crippen LogP contribution is 2.22. The minimum absolute atomic E-state index is 0.0454. The Balaban J connectivity index is 1.68. The largest absolute Gasteiger partial charge is 0.478 e. The molecule has 1 aliphatic heterocycles. The summed E-state index contributed by atoms with van der Waals surface area (Å²) in [7, 11) is 0. The topological polar surface area (TPSA) is 86.7 Å². The van der Waals surface area contributed by atoms with Gasteiger partial charge >= 0.3 is 5.97 Å². The summed E-state index contributed by atoms with van der Waals surface area (Å²) >= 11 is 0. The number of benzene rings is 2. The van der Waals surface area contributed by atoms with Gasteiger partial charge in [-0.05, 0) is 69.5 Å². The first-order valence-corrected chi connectivity index (χ1v) is 9.77. The van der Waals surface area contributed by atoms with E-state index < -0.39 is 5.97 Å². The number of anilines is 1. The van der Waals surface area contributed by atoms with E-state index in [1.165, 1.54) is 6.07 Å². The molecule has 1 heterocycles. The summed E-state index contributed by atoms with van der Waals surface area (Å²) < 4.78 is 0. The van der Waals surface area contributed by atoms with Gasteiger partial charge in [0.25, 0.3) is 5.91 Å². The van der Waals surface area contributed by atoms with Gasteiger partial charge in [-0.3, -0.25) is 9.59 Å². The maximum absolute atomic E-state index is 12.9. The molecule has 1 aliphatic rings. The van der Waals surface area contributed by atoms with E-state index in [1.54, 1.807) is 24.0 Å². The van der Waals surface area contributed by atoms with E-state index >= 15 is 0 Å². The number of hydrogen-bond acceptors (Lipinski definition) is 3. The zero-order valence-corrected chi connectivity index (χ0v) is 17.0. The van der Waals surface area contributed by atoms with Gasteiger partial charge in [0.2, 0.25) is 5.91 Å². The summed E-state index contributed by atoms with van der Waals surface area (Å²) in [4.78, 5) is 38.5. The predicted molar refractivity (Wildman–Crippen MR) is 111 cm³/mol. The number of hydrogen-bond donors (Lipinski definition) is 2.